The van der Waals surface area contributed by atoms with Gasteiger partial charge in [0.1, 0.15) is 0 Å². The highest BCUT2D eigenvalue weighted by molar-refractivity contribution is 5.55. The fraction of sp³-hybridized carbons (Fsp3) is 0.368. The van der Waals surface area contributed by atoms with Crippen molar-refractivity contribution in [2.45, 2.75) is 41.5 Å². The fourth-order valence-electron chi connectivity index (χ4n) is 1.97. The van der Waals surface area contributed by atoms with Crippen molar-refractivity contribution in [1.82, 2.24) is 4.57 Å². The predicted molar refractivity (Wildman–Crippen MR) is 96.1 cm³/mol. The summed E-state index contributed by atoms with van der Waals surface area (Å²) in [6, 6.07) is 0. The fourth-order valence-corrected chi connectivity index (χ4v) is 1.97. The van der Waals surface area contributed by atoms with Crippen LogP contribution < -0.4 is 10.6 Å². The van der Waals surface area contributed by atoms with Gasteiger partial charge in [-0.3, -0.25) is 0 Å². The number of aromatic nitrogens is 1. The third kappa shape index (κ3) is 5.08. The average Bonchev–Trinajstić information content (AvgIpc) is 2.72. The van der Waals surface area contributed by atoms with Crippen molar-refractivity contribution in [1.29, 1.82) is 0 Å². The van der Waals surface area contributed by atoms with E-state index in [1.54, 1.807) is 6.08 Å². The monoisotopic (exact) mass is 273 g/mol. The SMILES string of the molecule is C=C/C=C\c1c(C)c(=C/C)/c(=C\C=C)n1C.CC.CC. The summed E-state index contributed by atoms with van der Waals surface area (Å²) in [5.41, 5.74) is 2.50. The van der Waals surface area contributed by atoms with E-state index < -0.39 is 0 Å². The van der Waals surface area contributed by atoms with Crippen molar-refractivity contribution in [2.24, 2.45) is 7.05 Å². The smallest absolute Gasteiger partial charge is 0.0481 e. The van der Waals surface area contributed by atoms with E-state index in [1.165, 1.54) is 21.8 Å². The van der Waals surface area contributed by atoms with E-state index in [9.17, 15) is 0 Å². The Morgan fingerprint density at radius 3 is 1.95 bits per heavy atom. The molecule has 1 rings (SSSR count). The van der Waals surface area contributed by atoms with Crippen LogP contribution in [-0.4, -0.2) is 4.57 Å². The van der Waals surface area contributed by atoms with Gasteiger partial charge in [-0.1, -0.05) is 65.2 Å². The molecule has 0 N–H and O–H groups in total. The Hall–Kier alpha value is -1.76. The summed E-state index contributed by atoms with van der Waals surface area (Å²) in [7, 11) is 2.07. The lowest BCUT2D eigenvalue weighted by molar-refractivity contribution is 0.875. The van der Waals surface area contributed by atoms with Crippen molar-refractivity contribution in [3.8, 4) is 0 Å². The summed E-state index contributed by atoms with van der Waals surface area (Å²) in [6.07, 6.45) is 11.8. The van der Waals surface area contributed by atoms with Crippen molar-refractivity contribution in [3.63, 3.8) is 0 Å². The molecule has 1 aromatic heterocycles. The molecule has 0 unspecified atom stereocenters. The number of nitrogens with zero attached hydrogens (tertiary/aromatic N) is 1. The van der Waals surface area contributed by atoms with Gasteiger partial charge in [-0.15, -0.1) is 0 Å². The molecule has 0 radical (unpaired) electrons. The molecular weight excluding hydrogens is 242 g/mol. The first kappa shape index (κ1) is 20.6. The highest BCUT2D eigenvalue weighted by Gasteiger charge is 2.04. The van der Waals surface area contributed by atoms with Crippen LogP contribution in [0.2, 0.25) is 0 Å². The molecular formula is C19H31N. The molecule has 20 heavy (non-hydrogen) atoms. The Morgan fingerprint density at radius 2 is 1.55 bits per heavy atom. The minimum atomic E-state index is 1.19. The number of hydrogen-bond acceptors (Lipinski definition) is 0. The zero-order valence-electron chi connectivity index (χ0n) is 14.3. The second kappa shape index (κ2) is 12.3. The van der Waals surface area contributed by atoms with Gasteiger partial charge >= 0.3 is 0 Å². The van der Waals surface area contributed by atoms with Crippen LogP contribution >= 0.6 is 0 Å². The normalized spacial score (nSPS) is 11.6. The maximum atomic E-state index is 3.76. The summed E-state index contributed by atoms with van der Waals surface area (Å²) in [5, 5.41) is 2.46. The van der Waals surface area contributed by atoms with E-state index in [2.05, 4.69) is 50.8 Å². The van der Waals surface area contributed by atoms with Crippen LogP contribution in [0.5, 0.6) is 0 Å². The van der Waals surface area contributed by atoms with Gasteiger partial charge in [0.25, 0.3) is 0 Å². The summed E-state index contributed by atoms with van der Waals surface area (Å²) >= 11 is 0. The van der Waals surface area contributed by atoms with Gasteiger partial charge in [-0.05, 0) is 36.8 Å². The first-order valence-corrected chi connectivity index (χ1v) is 7.40. The van der Waals surface area contributed by atoms with Crippen LogP contribution in [-0.2, 0) is 7.05 Å². The highest BCUT2D eigenvalue weighted by atomic mass is 14.9. The van der Waals surface area contributed by atoms with Gasteiger partial charge in [0.2, 0.25) is 0 Å². The van der Waals surface area contributed by atoms with Crippen molar-refractivity contribution in [2.75, 3.05) is 0 Å². The van der Waals surface area contributed by atoms with E-state index in [1.807, 2.05) is 45.9 Å². The zero-order chi connectivity index (χ0) is 16.1. The maximum absolute atomic E-state index is 3.76. The minimum absolute atomic E-state index is 1.19. The Morgan fingerprint density at radius 1 is 1.00 bits per heavy atom. The third-order valence-corrected chi connectivity index (χ3v) is 2.74. The highest BCUT2D eigenvalue weighted by Crippen LogP contribution is 2.03. The first-order chi connectivity index (χ1) is 9.67. The molecule has 1 aromatic rings. The van der Waals surface area contributed by atoms with Crippen LogP contribution in [0.15, 0.2) is 31.4 Å². The number of rotatable bonds is 3. The molecule has 0 bridgehead atoms. The Labute approximate surface area is 125 Å². The summed E-state index contributed by atoms with van der Waals surface area (Å²) in [6.45, 7) is 19.6. The topological polar surface area (TPSA) is 4.93 Å². The summed E-state index contributed by atoms with van der Waals surface area (Å²) in [4.78, 5) is 0. The predicted octanol–water partition coefficient (Wildman–Crippen LogP) is 4.35. The largest absolute Gasteiger partial charge is 0.344 e. The van der Waals surface area contributed by atoms with Crippen molar-refractivity contribution in [3.05, 3.63) is 53.2 Å². The molecule has 0 spiro atoms. The molecule has 0 saturated heterocycles. The summed E-state index contributed by atoms with van der Waals surface area (Å²) < 4.78 is 2.17. The molecule has 1 nitrogen and oxygen atoms in total. The lowest BCUT2D eigenvalue weighted by Crippen LogP contribution is -2.28. The molecule has 0 aliphatic rings. The summed E-state index contributed by atoms with van der Waals surface area (Å²) in [5.74, 6) is 0. The molecule has 1 heteroatoms. The molecule has 0 aliphatic carbocycles. The van der Waals surface area contributed by atoms with E-state index in [0.29, 0.717) is 0 Å². The molecule has 112 valence electrons. The van der Waals surface area contributed by atoms with E-state index >= 15 is 0 Å². The molecule has 0 amide bonds. The zero-order valence-corrected chi connectivity index (χ0v) is 14.3. The van der Waals surface area contributed by atoms with Gasteiger partial charge in [-0.25, -0.2) is 0 Å². The molecule has 1 heterocycles. The number of hydrogen-bond donors (Lipinski definition) is 0. The van der Waals surface area contributed by atoms with Crippen molar-refractivity contribution < 1.29 is 0 Å². The van der Waals surface area contributed by atoms with Crippen LogP contribution in [0, 0.1) is 6.92 Å². The Balaban J connectivity index is 0. The molecule has 0 fully saturated rings. The van der Waals surface area contributed by atoms with Crippen LogP contribution in [0.25, 0.3) is 18.2 Å². The maximum Gasteiger partial charge on any atom is 0.0481 e. The second-order valence-corrected chi connectivity index (χ2v) is 3.65. The van der Waals surface area contributed by atoms with Gasteiger partial charge in [-0.2, -0.15) is 0 Å². The number of allylic oxidation sites excluding steroid dienone is 3. The van der Waals surface area contributed by atoms with Gasteiger partial charge < -0.3 is 4.57 Å². The first-order valence-electron chi connectivity index (χ1n) is 7.40. The average molecular weight is 273 g/mol. The van der Waals surface area contributed by atoms with E-state index in [4.69, 9.17) is 0 Å². The Kier molecular flexibility index (Phi) is 12.6. The second-order valence-electron chi connectivity index (χ2n) is 3.65. The minimum Gasteiger partial charge on any atom is -0.344 e. The lowest BCUT2D eigenvalue weighted by Gasteiger charge is -1.98. The molecule has 0 aliphatic heterocycles. The van der Waals surface area contributed by atoms with Crippen LogP contribution in [0.3, 0.4) is 0 Å². The third-order valence-electron chi connectivity index (χ3n) is 2.74. The van der Waals surface area contributed by atoms with Gasteiger partial charge in [0, 0.05) is 18.1 Å². The van der Waals surface area contributed by atoms with Gasteiger partial charge in [0.05, 0.1) is 0 Å². The van der Waals surface area contributed by atoms with Crippen molar-refractivity contribution >= 4 is 18.2 Å². The molecule has 0 atom stereocenters. The lowest BCUT2D eigenvalue weighted by atomic mass is 10.2. The van der Waals surface area contributed by atoms with Crippen LogP contribution in [0.1, 0.15) is 45.9 Å². The Bertz CT molecular complexity index is 539. The quantitative estimate of drug-likeness (QED) is 0.721. The van der Waals surface area contributed by atoms with E-state index in [-0.39, 0.29) is 0 Å². The molecule has 0 saturated carbocycles. The van der Waals surface area contributed by atoms with Gasteiger partial charge in [0.15, 0.2) is 0 Å². The van der Waals surface area contributed by atoms with Crippen LogP contribution in [0.4, 0.5) is 0 Å². The standard InChI is InChI=1S/C15H19N.2C2H6/c1-6-9-11-14-12(4)13(8-3)15(10-7-2)16(14)5;2*1-2/h6-11H,1-2H2,3-5H3;2*1-2H3/b11-9-,13-8-,15-10+;;. The van der Waals surface area contributed by atoms with E-state index in [0.717, 1.165) is 0 Å². The molecule has 0 aromatic carbocycles.